The highest BCUT2D eigenvalue weighted by Gasteiger charge is 2.21. The van der Waals surface area contributed by atoms with Crippen LogP contribution in [-0.4, -0.2) is 34.9 Å². The molecule has 0 saturated carbocycles. The Labute approximate surface area is 206 Å². The number of carbonyl (C=O) groups excluding carboxylic acids is 1. The zero-order valence-corrected chi connectivity index (χ0v) is 19.7. The molecule has 1 amide bonds. The Morgan fingerprint density at radius 3 is 2.23 bits per heavy atom. The van der Waals surface area contributed by atoms with Crippen molar-refractivity contribution in [2.45, 2.75) is 25.4 Å². The number of piperidine rings is 1. The molecular weight excluding hydrogens is 432 g/mol. The molecule has 1 fully saturated rings. The summed E-state index contributed by atoms with van der Waals surface area (Å²) in [5.41, 5.74) is 5.93. The highest BCUT2D eigenvalue weighted by atomic mass is 16.1. The van der Waals surface area contributed by atoms with E-state index in [0.717, 1.165) is 49.4 Å². The topological polar surface area (TPSA) is 57.3 Å². The standard InChI is InChI=1S/C30H30N4O/c35-30(33-26-16-18-34(19-17-26)22-23-8-3-1-4-9-23)29-15-14-28(21-31-29)32-27-13-7-12-25(20-27)24-10-5-2-6-11-24/h1-15,20-21,26,32H,16-19,22H2,(H,33,35). The van der Waals surface area contributed by atoms with E-state index >= 15 is 0 Å². The smallest absolute Gasteiger partial charge is 0.270 e. The minimum absolute atomic E-state index is 0.107. The Balaban J connectivity index is 1.13. The Morgan fingerprint density at radius 2 is 1.51 bits per heavy atom. The van der Waals surface area contributed by atoms with Crippen LogP contribution < -0.4 is 10.6 Å². The van der Waals surface area contributed by atoms with E-state index in [0.29, 0.717) is 5.69 Å². The summed E-state index contributed by atoms with van der Waals surface area (Å²) in [5.74, 6) is -0.107. The third-order valence-electron chi connectivity index (χ3n) is 6.43. The Bertz CT molecular complexity index is 1230. The minimum atomic E-state index is -0.107. The van der Waals surface area contributed by atoms with E-state index in [9.17, 15) is 4.79 Å². The number of hydrogen-bond acceptors (Lipinski definition) is 4. The lowest BCUT2D eigenvalue weighted by Crippen LogP contribution is -2.44. The van der Waals surface area contributed by atoms with Gasteiger partial charge in [-0.25, -0.2) is 4.98 Å². The number of aromatic nitrogens is 1. The number of carbonyl (C=O) groups is 1. The second kappa shape index (κ2) is 11.0. The molecule has 35 heavy (non-hydrogen) atoms. The van der Waals surface area contributed by atoms with Crippen molar-refractivity contribution in [3.8, 4) is 11.1 Å². The van der Waals surface area contributed by atoms with Gasteiger partial charge < -0.3 is 10.6 Å². The Morgan fingerprint density at radius 1 is 0.800 bits per heavy atom. The van der Waals surface area contributed by atoms with Crippen molar-refractivity contribution >= 4 is 17.3 Å². The maximum atomic E-state index is 12.7. The van der Waals surface area contributed by atoms with Crippen molar-refractivity contribution in [2.75, 3.05) is 18.4 Å². The molecule has 0 bridgehead atoms. The van der Waals surface area contributed by atoms with Crippen LogP contribution in [0.2, 0.25) is 0 Å². The van der Waals surface area contributed by atoms with Crippen LogP contribution in [0.5, 0.6) is 0 Å². The molecule has 0 atom stereocenters. The maximum absolute atomic E-state index is 12.7. The van der Waals surface area contributed by atoms with Crippen LogP contribution in [0.15, 0.2) is 103 Å². The lowest BCUT2D eigenvalue weighted by molar-refractivity contribution is 0.0904. The average molecular weight is 463 g/mol. The second-order valence-corrected chi connectivity index (χ2v) is 9.01. The van der Waals surface area contributed by atoms with Crippen molar-refractivity contribution in [3.63, 3.8) is 0 Å². The van der Waals surface area contributed by atoms with E-state index in [1.54, 1.807) is 12.3 Å². The molecule has 1 aliphatic rings. The van der Waals surface area contributed by atoms with Crippen LogP contribution in [-0.2, 0) is 6.54 Å². The zero-order valence-electron chi connectivity index (χ0n) is 19.7. The first-order valence-corrected chi connectivity index (χ1v) is 12.2. The molecule has 0 aliphatic carbocycles. The first-order chi connectivity index (χ1) is 17.2. The van der Waals surface area contributed by atoms with Gasteiger partial charge in [0.1, 0.15) is 5.69 Å². The predicted molar refractivity (Wildman–Crippen MR) is 142 cm³/mol. The van der Waals surface area contributed by atoms with Gasteiger partial charge in [-0.1, -0.05) is 72.8 Å². The highest BCUT2D eigenvalue weighted by molar-refractivity contribution is 5.92. The normalized spacial score (nSPS) is 14.4. The van der Waals surface area contributed by atoms with Gasteiger partial charge in [0.15, 0.2) is 0 Å². The van der Waals surface area contributed by atoms with Crippen molar-refractivity contribution in [1.29, 1.82) is 0 Å². The van der Waals surface area contributed by atoms with E-state index in [4.69, 9.17) is 0 Å². The number of pyridine rings is 1. The molecule has 5 heteroatoms. The fourth-order valence-electron chi connectivity index (χ4n) is 4.51. The SMILES string of the molecule is O=C(NC1CCN(Cc2ccccc2)CC1)c1ccc(Nc2cccc(-c3ccccc3)c2)cn1. The molecule has 0 radical (unpaired) electrons. The Kier molecular flexibility index (Phi) is 7.16. The molecule has 1 aromatic heterocycles. The monoisotopic (exact) mass is 462 g/mol. The summed E-state index contributed by atoms with van der Waals surface area (Å²) >= 11 is 0. The Hall–Kier alpha value is -3.96. The molecular formula is C30H30N4O. The van der Waals surface area contributed by atoms with Gasteiger partial charge in [0.2, 0.25) is 0 Å². The van der Waals surface area contributed by atoms with E-state index in [2.05, 4.69) is 69.0 Å². The molecule has 2 heterocycles. The number of amides is 1. The molecule has 4 aromatic rings. The molecule has 5 rings (SSSR count). The van der Waals surface area contributed by atoms with Gasteiger partial charge in [-0.2, -0.15) is 0 Å². The quantitative estimate of drug-likeness (QED) is 0.360. The molecule has 5 nitrogen and oxygen atoms in total. The molecule has 176 valence electrons. The zero-order chi connectivity index (χ0) is 23.9. The lowest BCUT2D eigenvalue weighted by atomic mass is 10.0. The first-order valence-electron chi connectivity index (χ1n) is 12.2. The largest absolute Gasteiger partial charge is 0.354 e. The van der Waals surface area contributed by atoms with Gasteiger partial charge in [0, 0.05) is 31.4 Å². The summed E-state index contributed by atoms with van der Waals surface area (Å²) in [5, 5.41) is 6.55. The molecule has 1 saturated heterocycles. The van der Waals surface area contributed by atoms with Gasteiger partial charge >= 0.3 is 0 Å². The minimum Gasteiger partial charge on any atom is -0.354 e. The number of rotatable bonds is 7. The van der Waals surface area contributed by atoms with E-state index in [1.807, 2.05) is 42.5 Å². The summed E-state index contributed by atoms with van der Waals surface area (Å²) in [6.07, 6.45) is 3.62. The number of hydrogen-bond donors (Lipinski definition) is 2. The fraction of sp³-hybridized carbons (Fsp3) is 0.200. The number of likely N-dealkylation sites (tertiary alicyclic amines) is 1. The van der Waals surface area contributed by atoms with Crippen molar-refractivity contribution in [1.82, 2.24) is 15.2 Å². The summed E-state index contributed by atoms with van der Waals surface area (Å²) in [6, 6.07) is 33.0. The predicted octanol–water partition coefficient (Wildman–Crippen LogP) is 5.89. The van der Waals surface area contributed by atoms with Crippen LogP contribution in [0.3, 0.4) is 0 Å². The van der Waals surface area contributed by atoms with E-state index in [-0.39, 0.29) is 11.9 Å². The van der Waals surface area contributed by atoms with Crippen molar-refractivity contribution in [2.24, 2.45) is 0 Å². The molecule has 1 aliphatic heterocycles. The van der Waals surface area contributed by atoms with Crippen molar-refractivity contribution in [3.05, 3.63) is 115 Å². The summed E-state index contributed by atoms with van der Waals surface area (Å²) in [4.78, 5) is 19.6. The van der Waals surface area contributed by atoms with E-state index < -0.39 is 0 Å². The lowest BCUT2D eigenvalue weighted by Gasteiger charge is -2.32. The number of nitrogens with one attached hydrogen (secondary N) is 2. The van der Waals surface area contributed by atoms with Crippen LogP contribution in [0, 0.1) is 0 Å². The summed E-state index contributed by atoms with van der Waals surface area (Å²) < 4.78 is 0. The fourth-order valence-corrected chi connectivity index (χ4v) is 4.51. The number of anilines is 2. The van der Waals surface area contributed by atoms with Crippen LogP contribution in [0.25, 0.3) is 11.1 Å². The number of benzene rings is 3. The van der Waals surface area contributed by atoms with Crippen molar-refractivity contribution < 1.29 is 4.79 Å². The molecule has 0 spiro atoms. The highest BCUT2D eigenvalue weighted by Crippen LogP contribution is 2.24. The third-order valence-corrected chi connectivity index (χ3v) is 6.43. The average Bonchev–Trinajstić information content (AvgIpc) is 2.91. The van der Waals surface area contributed by atoms with E-state index in [1.165, 1.54) is 11.1 Å². The van der Waals surface area contributed by atoms with Crippen LogP contribution in [0.1, 0.15) is 28.9 Å². The third kappa shape index (κ3) is 6.14. The molecule has 0 unspecified atom stereocenters. The second-order valence-electron chi connectivity index (χ2n) is 9.01. The van der Waals surface area contributed by atoms with Gasteiger partial charge in [0.25, 0.3) is 5.91 Å². The van der Waals surface area contributed by atoms with Gasteiger partial charge in [0.05, 0.1) is 11.9 Å². The molecule has 2 N–H and O–H groups in total. The summed E-state index contributed by atoms with van der Waals surface area (Å²) in [6.45, 7) is 2.93. The molecule has 3 aromatic carbocycles. The van der Waals surface area contributed by atoms with Gasteiger partial charge in [-0.05, 0) is 53.8 Å². The van der Waals surface area contributed by atoms with Crippen LogP contribution >= 0.6 is 0 Å². The van der Waals surface area contributed by atoms with Gasteiger partial charge in [-0.15, -0.1) is 0 Å². The summed E-state index contributed by atoms with van der Waals surface area (Å²) in [7, 11) is 0. The first kappa shape index (κ1) is 22.8. The number of nitrogens with zero attached hydrogens (tertiary/aromatic N) is 2. The maximum Gasteiger partial charge on any atom is 0.270 e. The van der Waals surface area contributed by atoms with Crippen LogP contribution in [0.4, 0.5) is 11.4 Å². The van der Waals surface area contributed by atoms with Gasteiger partial charge in [-0.3, -0.25) is 9.69 Å².